The van der Waals surface area contributed by atoms with Gasteiger partial charge in [0, 0.05) is 6.04 Å². The lowest BCUT2D eigenvalue weighted by Crippen LogP contribution is -2.39. The number of aryl methyl sites for hydroxylation is 1. The van der Waals surface area contributed by atoms with E-state index in [1.807, 2.05) is 0 Å². The molecule has 0 aromatic carbocycles. The predicted octanol–water partition coefficient (Wildman–Crippen LogP) is 1.28. The fourth-order valence-corrected chi connectivity index (χ4v) is 1.96. The van der Waals surface area contributed by atoms with Gasteiger partial charge in [-0.25, -0.2) is 4.98 Å². The fourth-order valence-electron chi connectivity index (χ4n) is 1.75. The lowest BCUT2D eigenvalue weighted by Gasteiger charge is -2.32. The van der Waals surface area contributed by atoms with E-state index in [-0.39, 0.29) is 34.6 Å². The molecule has 0 unspecified atom stereocenters. The predicted molar refractivity (Wildman–Crippen MR) is 61.1 cm³/mol. The van der Waals surface area contributed by atoms with Crippen molar-refractivity contribution in [2.45, 2.75) is 31.9 Å². The molecule has 17 heavy (non-hydrogen) atoms. The Kier molecular flexibility index (Phi) is 3.12. The molecule has 2 rings (SSSR count). The molecule has 2 N–H and O–H groups in total. The molecule has 1 heterocycles. The number of nitro groups is 1. The summed E-state index contributed by atoms with van der Waals surface area (Å²) >= 11 is 5.67. The Morgan fingerprint density at radius 1 is 1.53 bits per heavy atom. The number of aliphatic hydroxyl groups excluding tert-OH is 1. The zero-order chi connectivity index (χ0) is 12.6. The molecule has 1 aliphatic carbocycles. The third kappa shape index (κ3) is 2.45. The molecule has 0 spiro atoms. The monoisotopic (exact) mass is 258 g/mol. The smallest absolute Gasteiger partial charge is 0.332 e. The molecule has 92 valence electrons. The van der Waals surface area contributed by atoms with E-state index in [1.165, 1.54) is 6.92 Å². The van der Waals surface area contributed by atoms with Crippen LogP contribution in [0.25, 0.3) is 0 Å². The summed E-state index contributed by atoms with van der Waals surface area (Å²) in [6, 6.07) is -0.00549. The Morgan fingerprint density at radius 3 is 2.71 bits per heavy atom. The minimum Gasteiger partial charge on any atom is -0.393 e. The van der Waals surface area contributed by atoms with Gasteiger partial charge in [-0.15, -0.1) is 0 Å². The van der Waals surface area contributed by atoms with Crippen LogP contribution in [0.15, 0.2) is 0 Å². The zero-order valence-corrected chi connectivity index (χ0v) is 9.81. The minimum absolute atomic E-state index is 0.00549. The highest BCUT2D eigenvalue weighted by molar-refractivity contribution is 6.28. The number of anilines is 1. The summed E-state index contributed by atoms with van der Waals surface area (Å²) in [5, 5.41) is 22.9. The lowest BCUT2D eigenvalue weighted by molar-refractivity contribution is -0.385. The topological polar surface area (TPSA) is 101 Å². The molecule has 0 bridgehead atoms. The maximum atomic E-state index is 10.9. The lowest BCUT2D eigenvalue weighted by atomic mass is 9.89. The molecule has 1 saturated carbocycles. The highest BCUT2D eigenvalue weighted by Crippen LogP contribution is 2.30. The van der Waals surface area contributed by atoms with Crippen LogP contribution < -0.4 is 5.32 Å². The van der Waals surface area contributed by atoms with E-state index in [0.717, 1.165) is 0 Å². The standard InChI is InChI=1S/C9H11ClN4O3/c1-4-7(14(16)17)8(13-9(10)11-4)12-5-2-6(15)3-5/h5-6,15H,2-3H2,1H3,(H,11,12,13). The molecule has 1 fully saturated rings. The summed E-state index contributed by atoms with van der Waals surface area (Å²) in [6.07, 6.45) is 0.764. The van der Waals surface area contributed by atoms with Gasteiger partial charge in [-0.1, -0.05) is 0 Å². The maximum Gasteiger partial charge on any atom is 0.332 e. The van der Waals surface area contributed by atoms with Crippen LogP contribution in [-0.2, 0) is 0 Å². The van der Waals surface area contributed by atoms with Crippen LogP contribution in [0.4, 0.5) is 11.5 Å². The zero-order valence-electron chi connectivity index (χ0n) is 9.05. The minimum atomic E-state index is -0.539. The first kappa shape index (κ1) is 12.0. The summed E-state index contributed by atoms with van der Waals surface area (Å²) in [5.74, 6) is 0.115. The number of halogens is 1. The van der Waals surface area contributed by atoms with Gasteiger partial charge in [0.2, 0.25) is 11.1 Å². The van der Waals surface area contributed by atoms with Crippen LogP contribution in [0.1, 0.15) is 18.5 Å². The highest BCUT2D eigenvalue weighted by atomic mass is 35.5. The number of nitrogens with zero attached hydrogens (tertiary/aromatic N) is 3. The summed E-state index contributed by atoms with van der Waals surface area (Å²) in [5.41, 5.74) is 0.0492. The van der Waals surface area contributed by atoms with Crippen LogP contribution in [0.3, 0.4) is 0 Å². The molecule has 8 heteroatoms. The van der Waals surface area contributed by atoms with Crippen molar-refractivity contribution in [1.29, 1.82) is 0 Å². The van der Waals surface area contributed by atoms with Gasteiger partial charge in [0.25, 0.3) is 0 Å². The molecule has 1 aromatic rings. The molecule has 7 nitrogen and oxygen atoms in total. The number of hydrogen-bond donors (Lipinski definition) is 2. The Labute approximate surface area is 102 Å². The first-order valence-corrected chi connectivity index (χ1v) is 5.48. The molecule has 1 aliphatic rings. The first-order valence-electron chi connectivity index (χ1n) is 5.10. The average molecular weight is 259 g/mol. The number of rotatable bonds is 3. The van der Waals surface area contributed by atoms with Crippen LogP contribution in [0.2, 0.25) is 5.28 Å². The SMILES string of the molecule is Cc1nc(Cl)nc(NC2CC(O)C2)c1[N+](=O)[O-]. The summed E-state index contributed by atoms with van der Waals surface area (Å²) in [4.78, 5) is 17.9. The number of aliphatic hydroxyl groups is 1. The van der Waals surface area contributed by atoms with Crippen LogP contribution in [0.5, 0.6) is 0 Å². The normalized spacial score (nSPS) is 23.0. The van der Waals surface area contributed by atoms with Crippen molar-refractivity contribution in [2.75, 3.05) is 5.32 Å². The Balaban J connectivity index is 2.27. The second-order valence-electron chi connectivity index (χ2n) is 4.00. The Bertz CT molecular complexity index is 462. The molecule has 0 atom stereocenters. The number of aromatic nitrogens is 2. The molecule has 1 aromatic heterocycles. The van der Waals surface area contributed by atoms with E-state index in [2.05, 4.69) is 15.3 Å². The molecule has 0 amide bonds. The quantitative estimate of drug-likeness (QED) is 0.481. The van der Waals surface area contributed by atoms with Gasteiger partial charge < -0.3 is 10.4 Å². The van der Waals surface area contributed by atoms with Crippen molar-refractivity contribution in [1.82, 2.24) is 9.97 Å². The molecule has 0 radical (unpaired) electrons. The summed E-state index contributed by atoms with van der Waals surface area (Å²) in [7, 11) is 0. The highest BCUT2D eigenvalue weighted by Gasteiger charge is 2.30. The van der Waals surface area contributed by atoms with E-state index in [4.69, 9.17) is 16.7 Å². The van der Waals surface area contributed by atoms with Crippen LogP contribution in [-0.4, -0.2) is 32.1 Å². The third-order valence-electron chi connectivity index (χ3n) is 2.67. The fraction of sp³-hybridized carbons (Fsp3) is 0.556. The van der Waals surface area contributed by atoms with Gasteiger partial charge in [0.05, 0.1) is 11.0 Å². The van der Waals surface area contributed by atoms with Gasteiger partial charge in [0.1, 0.15) is 5.69 Å². The van der Waals surface area contributed by atoms with Crippen molar-refractivity contribution < 1.29 is 10.0 Å². The maximum absolute atomic E-state index is 10.9. The average Bonchev–Trinajstić information content (AvgIpc) is 2.13. The number of hydrogen-bond acceptors (Lipinski definition) is 6. The van der Waals surface area contributed by atoms with Gasteiger partial charge >= 0.3 is 5.69 Å². The van der Waals surface area contributed by atoms with E-state index in [0.29, 0.717) is 12.8 Å². The van der Waals surface area contributed by atoms with Gasteiger partial charge in [-0.05, 0) is 31.4 Å². The van der Waals surface area contributed by atoms with Crippen molar-refractivity contribution in [3.63, 3.8) is 0 Å². The van der Waals surface area contributed by atoms with Crippen molar-refractivity contribution in [2.24, 2.45) is 0 Å². The summed E-state index contributed by atoms with van der Waals surface area (Å²) < 4.78 is 0. The van der Waals surface area contributed by atoms with E-state index in [9.17, 15) is 10.1 Å². The van der Waals surface area contributed by atoms with Crippen LogP contribution >= 0.6 is 11.6 Å². The van der Waals surface area contributed by atoms with E-state index < -0.39 is 4.92 Å². The molecule has 0 saturated heterocycles. The van der Waals surface area contributed by atoms with Gasteiger partial charge in [0.15, 0.2) is 0 Å². The molecular weight excluding hydrogens is 248 g/mol. The van der Waals surface area contributed by atoms with E-state index >= 15 is 0 Å². The van der Waals surface area contributed by atoms with E-state index in [1.54, 1.807) is 0 Å². The van der Waals surface area contributed by atoms with Gasteiger partial charge in [-0.2, -0.15) is 4.98 Å². The Hall–Kier alpha value is -1.47. The second kappa shape index (κ2) is 4.42. The molecule has 0 aliphatic heterocycles. The van der Waals surface area contributed by atoms with Crippen molar-refractivity contribution >= 4 is 23.1 Å². The third-order valence-corrected chi connectivity index (χ3v) is 2.84. The largest absolute Gasteiger partial charge is 0.393 e. The summed E-state index contributed by atoms with van der Waals surface area (Å²) in [6.45, 7) is 1.51. The van der Waals surface area contributed by atoms with Gasteiger partial charge in [-0.3, -0.25) is 10.1 Å². The first-order chi connectivity index (χ1) is 7.97. The Morgan fingerprint density at radius 2 is 2.18 bits per heavy atom. The van der Waals surface area contributed by atoms with Crippen LogP contribution in [0, 0.1) is 17.0 Å². The number of nitrogens with one attached hydrogen (secondary N) is 1. The van der Waals surface area contributed by atoms with Crippen molar-refractivity contribution in [3.8, 4) is 0 Å². The van der Waals surface area contributed by atoms with Crippen molar-refractivity contribution in [3.05, 3.63) is 21.1 Å². The molecular formula is C9H11ClN4O3. The second-order valence-corrected chi connectivity index (χ2v) is 4.34.